The zero-order chi connectivity index (χ0) is 25.3. The number of sulfonamides is 1. The smallest absolute Gasteiger partial charge is 0.243 e. The molecular formula is C24H29FN6O3S. The number of halogens is 1. The monoisotopic (exact) mass is 500 g/mol. The number of hydrogen-bond acceptors (Lipinski definition) is 7. The second-order valence-electron chi connectivity index (χ2n) is 9.01. The highest BCUT2D eigenvalue weighted by Gasteiger charge is 2.36. The molecule has 186 valence electrons. The summed E-state index contributed by atoms with van der Waals surface area (Å²) in [6, 6.07) is 4.69. The lowest BCUT2D eigenvalue weighted by Crippen LogP contribution is -2.35. The van der Waals surface area contributed by atoms with Gasteiger partial charge in [-0.2, -0.15) is 0 Å². The van der Waals surface area contributed by atoms with Gasteiger partial charge in [0.1, 0.15) is 23.0 Å². The molecule has 3 heterocycles. The Morgan fingerprint density at radius 1 is 1.17 bits per heavy atom. The molecule has 1 N–H and O–H groups in total. The van der Waals surface area contributed by atoms with Gasteiger partial charge in [0.25, 0.3) is 0 Å². The molecule has 3 aromatic rings. The van der Waals surface area contributed by atoms with Crippen molar-refractivity contribution in [2.24, 2.45) is 0 Å². The minimum atomic E-state index is -4.09. The van der Waals surface area contributed by atoms with Gasteiger partial charge in [0.2, 0.25) is 16.0 Å². The topological polar surface area (TPSA) is 112 Å². The van der Waals surface area contributed by atoms with Crippen LogP contribution in [0.2, 0.25) is 0 Å². The minimum absolute atomic E-state index is 0.0894. The number of ether oxygens (including phenoxy) is 1. The largest absolute Gasteiger partial charge is 0.366 e. The summed E-state index contributed by atoms with van der Waals surface area (Å²) in [6.07, 6.45) is 6.43. The number of aromatic nitrogens is 5. The van der Waals surface area contributed by atoms with E-state index in [1.807, 2.05) is 39.8 Å². The molecular weight excluding hydrogens is 471 g/mol. The molecule has 1 aromatic carbocycles. The highest BCUT2D eigenvalue weighted by Crippen LogP contribution is 2.33. The zero-order valence-electron chi connectivity index (χ0n) is 20.3. The van der Waals surface area contributed by atoms with Crippen molar-refractivity contribution in [3.8, 4) is 5.69 Å². The van der Waals surface area contributed by atoms with Crippen molar-refractivity contribution in [1.29, 1.82) is 0 Å². The number of hydrogen-bond donors (Lipinski definition) is 1. The lowest BCUT2D eigenvalue weighted by molar-refractivity contribution is 0.00152. The first kappa shape index (κ1) is 24.9. The lowest BCUT2D eigenvalue weighted by Gasteiger charge is -2.26. The van der Waals surface area contributed by atoms with Crippen LogP contribution in [0.15, 0.2) is 36.7 Å². The molecule has 11 heteroatoms. The summed E-state index contributed by atoms with van der Waals surface area (Å²) >= 11 is 0. The molecule has 1 aliphatic rings. The fraction of sp³-hybridized carbons (Fsp3) is 0.417. The number of benzene rings is 1. The van der Waals surface area contributed by atoms with Crippen LogP contribution in [0.1, 0.15) is 68.9 Å². The predicted molar refractivity (Wildman–Crippen MR) is 131 cm³/mol. The van der Waals surface area contributed by atoms with Gasteiger partial charge in [-0.05, 0) is 45.7 Å². The summed E-state index contributed by atoms with van der Waals surface area (Å²) in [5.74, 6) is 0.00953. The number of allylic oxidation sites excluding steroid dienone is 1. The van der Waals surface area contributed by atoms with Crippen LogP contribution in [-0.4, -0.2) is 44.5 Å². The van der Waals surface area contributed by atoms with Gasteiger partial charge in [-0.25, -0.2) is 22.8 Å². The molecule has 0 amide bonds. The maximum Gasteiger partial charge on any atom is 0.243 e. The lowest BCUT2D eigenvalue weighted by atomic mass is 10.0. The molecule has 1 aliphatic heterocycles. The Morgan fingerprint density at radius 2 is 1.89 bits per heavy atom. The Hall–Kier alpha value is -3.18. The molecule has 2 unspecified atom stereocenters. The Balaban J connectivity index is 1.75. The number of anilines is 1. The van der Waals surface area contributed by atoms with E-state index in [2.05, 4.69) is 24.9 Å². The molecule has 0 saturated carbocycles. The summed E-state index contributed by atoms with van der Waals surface area (Å²) < 4.78 is 52.0. The summed E-state index contributed by atoms with van der Waals surface area (Å²) in [4.78, 5) is 8.58. The molecule has 9 nitrogen and oxygen atoms in total. The quantitative estimate of drug-likeness (QED) is 0.514. The van der Waals surface area contributed by atoms with Crippen molar-refractivity contribution >= 4 is 22.0 Å². The fourth-order valence-electron chi connectivity index (χ4n) is 3.92. The van der Waals surface area contributed by atoms with E-state index >= 15 is 4.39 Å². The van der Waals surface area contributed by atoms with Crippen molar-refractivity contribution in [2.75, 3.05) is 4.72 Å². The second kappa shape index (κ2) is 9.82. The fourth-order valence-corrected chi connectivity index (χ4v) is 5.00. The van der Waals surface area contributed by atoms with Crippen LogP contribution in [0.5, 0.6) is 0 Å². The Labute approximate surface area is 204 Å². The molecule has 0 radical (unpaired) electrons. The molecule has 3 atom stereocenters. The average molecular weight is 501 g/mol. The summed E-state index contributed by atoms with van der Waals surface area (Å²) in [5.41, 5.74) is 1.63. The van der Waals surface area contributed by atoms with Gasteiger partial charge in [0.15, 0.2) is 5.82 Å². The van der Waals surface area contributed by atoms with Crippen LogP contribution in [0.4, 0.5) is 10.3 Å². The number of nitrogens with zero attached hydrogens (tertiary/aromatic N) is 5. The summed E-state index contributed by atoms with van der Waals surface area (Å²) in [5, 5.41) is 7.22. The third-order valence-electron chi connectivity index (χ3n) is 5.78. The first-order valence-corrected chi connectivity index (χ1v) is 13.0. The predicted octanol–water partition coefficient (Wildman–Crippen LogP) is 4.32. The van der Waals surface area contributed by atoms with Crippen LogP contribution in [0.25, 0.3) is 11.8 Å². The zero-order valence-corrected chi connectivity index (χ0v) is 21.1. The van der Waals surface area contributed by atoms with Crippen LogP contribution in [0.3, 0.4) is 0 Å². The van der Waals surface area contributed by atoms with Crippen LogP contribution in [0, 0.1) is 12.7 Å². The Kier molecular flexibility index (Phi) is 7.00. The van der Waals surface area contributed by atoms with Crippen LogP contribution < -0.4 is 4.72 Å². The molecule has 0 bridgehead atoms. The van der Waals surface area contributed by atoms with E-state index in [4.69, 9.17) is 4.74 Å². The molecule has 0 spiro atoms. The summed E-state index contributed by atoms with van der Waals surface area (Å²) in [7, 11) is -4.09. The third kappa shape index (κ3) is 5.10. The van der Waals surface area contributed by atoms with E-state index in [9.17, 15) is 8.42 Å². The molecule has 2 aromatic heterocycles. The maximum absolute atomic E-state index is 15.0. The number of aryl methyl sites for hydroxylation is 1. The summed E-state index contributed by atoms with van der Waals surface area (Å²) in [6.45, 7) is 8.91. The first-order valence-electron chi connectivity index (χ1n) is 11.4. The van der Waals surface area contributed by atoms with Gasteiger partial charge >= 0.3 is 0 Å². The number of para-hydroxylation sites is 1. The van der Waals surface area contributed by atoms with Crippen molar-refractivity contribution in [3.63, 3.8) is 0 Å². The van der Waals surface area contributed by atoms with Gasteiger partial charge in [-0.15, -0.1) is 10.2 Å². The highest BCUT2D eigenvalue weighted by atomic mass is 32.2. The molecule has 4 rings (SSSR count). The van der Waals surface area contributed by atoms with E-state index in [1.54, 1.807) is 24.5 Å². The Morgan fingerprint density at radius 3 is 2.57 bits per heavy atom. The number of fused-ring (bicyclic) bond motifs is 3. The van der Waals surface area contributed by atoms with Gasteiger partial charge in [-0.3, -0.25) is 9.29 Å². The first-order chi connectivity index (χ1) is 16.6. The van der Waals surface area contributed by atoms with Crippen molar-refractivity contribution in [1.82, 2.24) is 24.7 Å². The van der Waals surface area contributed by atoms with E-state index in [0.29, 0.717) is 17.8 Å². The van der Waals surface area contributed by atoms with Crippen LogP contribution >= 0.6 is 0 Å². The maximum atomic E-state index is 15.0. The highest BCUT2D eigenvalue weighted by molar-refractivity contribution is 7.93. The number of rotatable bonds is 7. The van der Waals surface area contributed by atoms with Gasteiger partial charge < -0.3 is 4.74 Å². The van der Waals surface area contributed by atoms with Gasteiger partial charge in [0, 0.05) is 23.9 Å². The average Bonchev–Trinajstić information content (AvgIpc) is 3.18. The number of nitrogens with one attached hydrogen (secondary N) is 1. The SMILES string of the molecule is Cc1cnc(C(OC(C)C)C(C)S(=O)(=O)Nc2nnc3n2-c2c(F)cccc2C=CC[C@H]3C)nc1. The third-order valence-corrected chi connectivity index (χ3v) is 7.47. The van der Waals surface area contributed by atoms with Gasteiger partial charge in [-0.1, -0.05) is 31.2 Å². The van der Waals surface area contributed by atoms with E-state index in [-0.39, 0.29) is 29.5 Å². The van der Waals surface area contributed by atoms with E-state index in [1.165, 1.54) is 17.6 Å². The van der Waals surface area contributed by atoms with E-state index < -0.39 is 27.2 Å². The molecule has 0 saturated heterocycles. The van der Waals surface area contributed by atoms with E-state index in [0.717, 1.165) is 5.56 Å². The standard InChI is InChI=1S/C24H29FN6O3S/c1-14(2)34-21(22-26-12-15(3)13-27-22)17(5)35(32,33)30-24-29-28-23-16(4)8-6-9-18-10-7-11-19(25)20(18)31(23)24/h6-7,9-14,16-17,21H,8H2,1-5H3,(H,29,30)/t16-,17?,21?/m1/s1. The van der Waals surface area contributed by atoms with Crippen molar-refractivity contribution in [3.05, 3.63) is 65.3 Å². The molecule has 0 fully saturated rings. The second-order valence-corrected chi connectivity index (χ2v) is 11.0. The van der Waals surface area contributed by atoms with Gasteiger partial charge in [0.05, 0.1) is 11.8 Å². The van der Waals surface area contributed by atoms with Crippen molar-refractivity contribution < 1.29 is 17.5 Å². The molecule has 35 heavy (non-hydrogen) atoms. The Bertz CT molecular complexity index is 1340. The molecule has 0 aliphatic carbocycles. The minimum Gasteiger partial charge on any atom is -0.366 e. The van der Waals surface area contributed by atoms with Crippen LogP contribution in [-0.2, 0) is 14.8 Å². The normalized spacial score (nSPS) is 17.3. The van der Waals surface area contributed by atoms with Crippen molar-refractivity contribution in [2.45, 2.75) is 64.4 Å².